The summed E-state index contributed by atoms with van der Waals surface area (Å²) < 4.78 is 5.57. The number of hydrogen-bond acceptors (Lipinski definition) is 1. The Morgan fingerprint density at radius 1 is 0.895 bits per heavy atom. The van der Waals surface area contributed by atoms with E-state index in [2.05, 4.69) is 27.4 Å². The zero-order chi connectivity index (χ0) is 13.9. The zero-order valence-corrected chi connectivity index (χ0v) is 13.2. The van der Waals surface area contributed by atoms with Gasteiger partial charge in [0.1, 0.15) is 0 Å². The number of rotatable bonds is 4. The second-order valence-corrected chi connectivity index (χ2v) is 7.55. The Kier molecular flexibility index (Phi) is 4.97. The van der Waals surface area contributed by atoms with E-state index in [1.165, 1.54) is 51.4 Å². The molecular weight excluding hydrogens is 232 g/mol. The molecule has 0 aromatic rings. The third kappa shape index (κ3) is 3.55. The van der Waals surface area contributed by atoms with Crippen molar-refractivity contribution in [3.63, 3.8) is 0 Å². The highest BCUT2D eigenvalue weighted by Gasteiger charge is 2.40. The molecule has 0 unspecified atom stereocenters. The lowest BCUT2D eigenvalue weighted by atomic mass is 9.60. The summed E-state index contributed by atoms with van der Waals surface area (Å²) in [7, 11) is 0. The van der Waals surface area contributed by atoms with Crippen LogP contribution in [0.4, 0.5) is 0 Å². The molecule has 0 N–H and O–H groups in total. The second kappa shape index (κ2) is 6.33. The van der Waals surface area contributed by atoms with Crippen LogP contribution in [-0.4, -0.2) is 6.10 Å². The minimum Gasteiger partial charge on any atom is -0.499 e. The first kappa shape index (κ1) is 14.9. The van der Waals surface area contributed by atoms with Crippen molar-refractivity contribution in [3.8, 4) is 0 Å². The van der Waals surface area contributed by atoms with Crippen LogP contribution in [0, 0.1) is 23.2 Å². The van der Waals surface area contributed by atoms with Gasteiger partial charge in [-0.2, -0.15) is 0 Å². The smallest absolute Gasteiger partial charge is 0.0978 e. The first-order valence-electron chi connectivity index (χ1n) is 8.30. The molecule has 0 spiro atoms. The van der Waals surface area contributed by atoms with Crippen LogP contribution in [-0.2, 0) is 4.74 Å². The molecule has 2 saturated carbocycles. The Balaban J connectivity index is 1.88. The Morgan fingerprint density at radius 2 is 1.37 bits per heavy atom. The molecule has 0 saturated heterocycles. The Bertz CT molecular complexity index is 278. The lowest BCUT2D eigenvalue weighted by Crippen LogP contribution is -2.37. The normalized spacial score (nSPS) is 36.8. The van der Waals surface area contributed by atoms with Crippen LogP contribution in [0.3, 0.4) is 0 Å². The predicted octanol–water partition coefficient (Wildman–Crippen LogP) is 5.56. The summed E-state index contributed by atoms with van der Waals surface area (Å²) in [5, 5.41) is 0. The maximum Gasteiger partial charge on any atom is 0.0978 e. The molecule has 2 aliphatic carbocycles. The van der Waals surface area contributed by atoms with Gasteiger partial charge in [-0.3, -0.25) is 0 Å². The Hall–Kier alpha value is -0.460. The molecular formula is C18H32O. The summed E-state index contributed by atoms with van der Waals surface area (Å²) in [6.45, 7) is 11.2. The summed E-state index contributed by atoms with van der Waals surface area (Å²) in [5.74, 6) is 2.81. The van der Waals surface area contributed by atoms with Crippen LogP contribution >= 0.6 is 0 Å². The highest BCUT2D eigenvalue weighted by atomic mass is 16.5. The van der Waals surface area contributed by atoms with Gasteiger partial charge < -0.3 is 4.74 Å². The molecule has 0 amide bonds. The Morgan fingerprint density at radius 3 is 1.84 bits per heavy atom. The summed E-state index contributed by atoms with van der Waals surface area (Å²) in [4.78, 5) is 0. The van der Waals surface area contributed by atoms with Gasteiger partial charge in [0.25, 0.3) is 0 Å². The van der Waals surface area contributed by atoms with Crippen LogP contribution in [0.5, 0.6) is 0 Å². The molecule has 0 atom stereocenters. The van der Waals surface area contributed by atoms with E-state index in [9.17, 15) is 0 Å². The van der Waals surface area contributed by atoms with Crippen molar-refractivity contribution in [1.82, 2.24) is 0 Å². The quantitative estimate of drug-likeness (QED) is 0.604. The molecule has 2 fully saturated rings. The van der Waals surface area contributed by atoms with Gasteiger partial charge in [0.15, 0.2) is 0 Å². The van der Waals surface area contributed by atoms with E-state index < -0.39 is 0 Å². The molecule has 0 aliphatic heterocycles. The van der Waals surface area contributed by atoms with Gasteiger partial charge in [0.05, 0.1) is 12.4 Å². The molecule has 19 heavy (non-hydrogen) atoms. The van der Waals surface area contributed by atoms with E-state index in [1.807, 2.05) is 0 Å². The van der Waals surface area contributed by atoms with E-state index in [4.69, 9.17) is 4.74 Å². The van der Waals surface area contributed by atoms with Crippen LogP contribution in [0.2, 0.25) is 0 Å². The highest BCUT2D eigenvalue weighted by Crippen LogP contribution is 2.49. The van der Waals surface area contributed by atoms with Gasteiger partial charge in [0.2, 0.25) is 0 Å². The molecule has 110 valence electrons. The van der Waals surface area contributed by atoms with E-state index in [0.29, 0.717) is 11.5 Å². The van der Waals surface area contributed by atoms with Crippen LogP contribution in [0.1, 0.15) is 72.1 Å². The average molecular weight is 264 g/mol. The standard InChI is InChI=1S/C18H32O/c1-5-19-17-12-10-16(11-13-17)18(3,4)15-8-6-14(2)7-9-15/h5,14-17H,1,6-13H2,2-4H3. The summed E-state index contributed by atoms with van der Waals surface area (Å²) in [6.07, 6.45) is 13.0. The molecule has 0 aromatic carbocycles. The fourth-order valence-corrected chi connectivity index (χ4v) is 4.42. The monoisotopic (exact) mass is 264 g/mol. The van der Waals surface area contributed by atoms with Gasteiger partial charge in [-0.25, -0.2) is 0 Å². The van der Waals surface area contributed by atoms with Gasteiger partial charge in [0, 0.05) is 0 Å². The molecule has 1 nitrogen and oxygen atoms in total. The third-order valence-electron chi connectivity index (χ3n) is 6.08. The van der Waals surface area contributed by atoms with Crippen LogP contribution < -0.4 is 0 Å². The van der Waals surface area contributed by atoms with Crippen LogP contribution in [0.25, 0.3) is 0 Å². The zero-order valence-electron chi connectivity index (χ0n) is 13.2. The van der Waals surface area contributed by atoms with E-state index in [0.717, 1.165) is 17.8 Å². The molecule has 0 bridgehead atoms. The number of hydrogen-bond donors (Lipinski definition) is 0. The number of ether oxygens (including phenoxy) is 1. The van der Waals surface area contributed by atoms with Gasteiger partial charge in [-0.05, 0) is 61.7 Å². The largest absolute Gasteiger partial charge is 0.499 e. The fourth-order valence-electron chi connectivity index (χ4n) is 4.42. The lowest BCUT2D eigenvalue weighted by molar-refractivity contribution is 0.0125. The molecule has 0 aromatic heterocycles. The highest BCUT2D eigenvalue weighted by molar-refractivity contribution is 4.90. The van der Waals surface area contributed by atoms with Crippen LogP contribution in [0.15, 0.2) is 12.8 Å². The topological polar surface area (TPSA) is 9.23 Å². The minimum atomic E-state index is 0.441. The summed E-state index contributed by atoms with van der Waals surface area (Å²) in [6, 6.07) is 0. The molecule has 2 aliphatic rings. The van der Waals surface area contributed by atoms with Crippen molar-refractivity contribution in [3.05, 3.63) is 12.8 Å². The van der Waals surface area contributed by atoms with Crippen molar-refractivity contribution in [2.24, 2.45) is 23.2 Å². The molecule has 0 heterocycles. The summed E-state index contributed by atoms with van der Waals surface area (Å²) in [5.41, 5.74) is 0.527. The molecule has 1 heteroatoms. The summed E-state index contributed by atoms with van der Waals surface area (Å²) >= 11 is 0. The Labute approximate surface area is 119 Å². The third-order valence-corrected chi connectivity index (χ3v) is 6.08. The van der Waals surface area contributed by atoms with E-state index in [1.54, 1.807) is 6.26 Å². The van der Waals surface area contributed by atoms with Gasteiger partial charge in [-0.15, -0.1) is 0 Å². The second-order valence-electron chi connectivity index (χ2n) is 7.55. The maximum absolute atomic E-state index is 5.57. The van der Waals surface area contributed by atoms with E-state index >= 15 is 0 Å². The molecule has 2 rings (SSSR count). The SMILES string of the molecule is C=COC1CCC(C(C)(C)C2CCC(C)CC2)CC1. The minimum absolute atomic E-state index is 0.441. The first-order chi connectivity index (χ1) is 9.04. The predicted molar refractivity (Wildman–Crippen MR) is 81.9 cm³/mol. The van der Waals surface area contributed by atoms with Gasteiger partial charge >= 0.3 is 0 Å². The fraction of sp³-hybridized carbons (Fsp3) is 0.889. The van der Waals surface area contributed by atoms with Crippen molar-refractivity contribution in [2.45, 2.75) is 78.2 Å². The van der Waals surface area contributed by atoms with E-state index in [-0.39, 0.29) is 0 Å². The van der Waals surface area contributed by atoms with Crippen molar-refractivity contribution >= 4 is 0 Å². The first-order valence-corrected chi connectivity index (χ1v) is 8.30. The van der Waals surface area contributed by atoms with Gasteiger partial charge in [-0.1, -0.05) is 40.2 Å². The lowest BCUT2D eigenvalue weighted by Gasteiger charge is -2.46. The van der Waals surface area contributed by atoms with Crippen molar-refractivity contribution < 1.29 is 4.74 Å². The van der Waals surface area contributed by atoms with Crippen molar-refractivity contribution in [2.75, 3.05) is 0 Å². The van der Waals surface area contributed by atoms with Crippen molar-refractivity contribution in [1.29, 1.82) is 0 Å². The maximum atomic E-state index is 5.57. The average Bonchev–Trinajstić information content (AvgIpc) is 2.40. The molecule has 0 radical (unpaired) electrons.